The van der Waals surface area contributed by atoms with Gasteiger partial charge in [-0.15, -0.1) is 0 Å². The maximum Gasteiger partial charge on any atom is 0.336 e. The number of aromatic amines is 1. The van der Waals surface area contributed by atoms with Gasteiger partial charge in [-0.2, -0.15) is 5.10 Å². The molecule has 0 atom stereocenters. The summed E-state index contributed by atoms with van der Waals surface area (Å²) in [6.07, 6.45) is 0. The average Bonchev–Trinajstić information content (AvgIpc) is 3.21. The van der Waals surface area contributed by atoms with Crippen LogP contribution in [0.4, 0.5) is 5.69 Å². The Morgan fingerprint density at radius 2 is 1.94 bits per heavy atom. The molecule has 0 fully saturated rings. The zero-order valence-corrected chi connectivity index (χ0v) is 16.4. The number of carboxylic acid groups (broad SMARTS) is 1. The molecule has 4 aromatic rings. The van der Waals surface area contributed by atoms with Crippen LogP contribution in [0.1, 0.15) is 10.4 Å². The van der Waals surface area contributed by atoms with Gasteiger partial charge in [-0.05, 0) is 18.2 Å². The number of rotatable bonds is 6. The van der Waals surface area contributed by atoms with Crippen molar-refractivity contribution in [3.8, 4) is 34.0 Å². The van der Waals surface area contributed by atoms with Gasteiger partial charge < -0.3 is 14.6 Å². The Balaban J connectivity index is 1.94. The SMILES string of the molecule is COc1ccc(-c2cc(C(=O)O)c3c(-c4cccc([N+](=O)[O-])c4)[nH]nc3n2)c(OC)c1. The van der Waals surface area contributed by atoms with Gasteiger partial charge in [0.15, 0.2) is 5.65 Å². The molecule has 0 radical (unpaired) electrons. The molecule has 0 bridgehead atoms. The van der Waals surface area contributed by atoms with Gasteiger partial charge in [0.1, 0.15) is 11.5 Å². The van der Waals surface area contributed by atoms with Crippen LogP contribution in [0.5, 0.6) is 11.5 Å². The predicted octanol–water partition coefficient (Wildman–Crippen LogP) is 3.92. The number of non-ortho nitro benzene ring substituents is 1. The molecule has 2 aromatic heterocycles. The minimum Gasteiger partial charge on any atom is -0.497 e. The van der Waals surface area contributed by atoms with Crippen molar-refractivity contribution in [3.63, 3.8) is 0 Å². The fourth-order valence-electron chi connectivity index (χ4n) is 3.32. The average molecular weight is 420 g/mol. The summed E-state index contributed by atoms with van der Waals surface area (Å²) in [7, 11) is 3.02. The fourth-order valence-corrected chi connectivity index (χ4v) is 3.32. The second-order valence-electron chi connectivity index (χ2n) is 6.53. The van der Waals surface area contributed by atoms with E-state index in [-0.39, 0.29) is 22.3 Å². The number of nitro benzene ring substituents is 1. The lowest BCUT2D eigenvalue weighted by Crippen LogP contribution is -2.01. The zero-order valence-electron chi connectivity index (χ0n) is 16.4. The molecule has 0 spiro atoms. The standard InChI is InChI=1S/C21H16N4O6/c1-30-13-6-7-14(17(9-13)31-2)16-10-15(21(26)27)18-19(23-24-20(18)22-16)11-4-3-5-12(8-11)25(28)29/h3-10H,1-2H3,(H,26,27)(H,22,23,24). The number of nitro groups is 1. The van der Waals surface area contributed by atoms with E-state index in [9.17, 15) is 20.0 Å². The van der Waals surface area contributed by atoms with Crippen molar-refractivity contribution in [1.82, 2.24) is 15.2 Å². The molecule has 156 valence electrons. The number of hydrogen-bond donors (Lipinski definition) is 2. The van der Waals surface area contributed by atoms with Gasteiger partial charge in [0, 0.05) is 29.3 Å². The number of carboxylic acids is 1. The third kappa shape index (κ3) is 3.50. The maximum absolute atomic E-state index is 12.1. The lowest BCUT2D eigenvalue weighted by molar-refractivity contribution is -0.384. The molecule has 4 rings (SSSR count). The van der Waals surface area contributed by atoms with Gasteiger partial charge in [0.2, 0.25) is 0 Å². The monoisotopic (exact) mass is 420 g/mol. The van der Waals surface area contributed by atoms with Crippen LogP contribution in [0.2, 0.25) is 0 Å². The first-order valence-electron chi connectivity index (χ1n) is 9.02. The van der Waals surface area contributed by atoms with Crippen molar-refractivity contribution in [3.05, 3.63) is 64.2 Å². The smallest absolute Gasteiger partial charge is 0.336 e. The second kappa shape index (κ2) is 7.75. The van der Waals surface area contributed by atoms with Crippen LogP contribution in [0, 0.1) is 10.1 Å². The minimum absolute atomic E-state index is 0.0480. The molecule has 0 saturated carbocycles. The third-order valence-corrected chi connectivity index (χ3v) is 4.78. The Hall–Kier alpha value is -4.47. The number of methoxy groups -OCH3 is 2. The first kappa shape index (κ1) is 19.8. The van der Waals surface area contributed by atoms with E-state index in [2.05, 4.69) is 15.2 Å². The molecule has 0 amide bonds. The molecule has 0 aliphatic carbocycles. The molecule has 2 heterocycles. The Morgan fingerprint density at radius 3 is 2.61 bits per heavy atom. The molecule has 0 aliphatic rings. The summed E-state index contributed by atoms with van der Waals surface area (Å²) in [4.78, 5) is 27.2. The highest BCUT2D eigenvalue weighted by Crippen LogP contribution is 2.36. The molecule has 2 N–H and O–H groups in total. The molecule has 0 aliphatic heterocycles. The number of aromatic carboxylic acids is 1. The van der Waals surface area contributed by atoms with Crippen LogP contribution in [0.15, 0.2) is 48.5 Å². The highest BCUT2D eigenvalue weighted by atomic mass is 16.6. The maximum atomic E-state index is 12.1. The lowest BCUT2D eigenvalue weighted by atomic mass is 10.0. The third-order valence-electron chi connectivity index (χ3n) is 4.78. The van der Waals surface area contributed by atoms with Crippen molar-refractivity contribution in [2.45, 2.75) is 0 Å². The van der Waals surface area contributed by atoms with E-state index < -0.39 is 10.9 Å². The second-order valence-corrected chi connectivity index (χ2v) is 6.53. The number of aromatic nitrogens is 3. The Kier molecular flexibility index (Phi) is 4.96. The molecule has 0 unspecified atom stereocenters. The van der Waals surface area contributed by atoms with E-state index in [0.29, 0.717) is 34.0 Å². The van der Waals surface area contributed by atoms with Gasteiger partial charge in [-0.3, -0.25) is 15.2 Å². The molecular weight excluding hydrogens is 404 g/mol. The number of ether oxygens (including phenoxy) is 2. The zero-order chi connectivity index (χ0) is 22.1. The summed E-state index contributed by atoms with van der Waals surface area (Å²) in [6, 6.07) is 12.4. The summed E-state index contributed by atoms with van der Waals surface area (Å²) in [5.74, 6) is -0.154. The Morgan fingerprint density at radius 1 is 1.13 bits per heavy atom. The summed E-state index contributed by atoms with van der Waals surface area (Å²) in [5, 5.41) is 28.2. The van der Waals surface area contributed by atoms with Crippen LogP contribution < -0.4 is 9.47 Å². The van der Waals surface area contributed by atoms with Crippen molar-refractivity contribution < 1.29 is 24.3 Å². The van der Waals surface area contributed by atoms with Crippen molar-refractivity contribution >= 4 is 22.7 Å². The van der Waals surface area contributed by atoms with Crippen LogP contribution in [0.25, 0.3) is 33.5 Å². The highest BCUT2D eigenvalue weighted by Gasteiger charge is 2.22. The number of fused-ring (bicyclic) bond motifs is 1. The van der Waals surface area contributed by atoms with Crippen LogP contribution in [0.3, 0.4) is 0 Å². The summed E-state index contributed by atoms with van der Waals surface area (Å²) in [5.41, 5.74) is 1.66. The van der Waals surface area contributed by atoms with Crippen molar-refractivity contribution in [2.24, 2.45) is 0 Å². The number of H-pyrrole nitrogens is 1. The van der Waals surface area contributed by atoms with E-state index in [1.807, 2.05) is 0 Å². The number of hydrogen-bond acceptors (Lipinski definition) is 7. The number of pyridine rings is 1. The largest absolute Gasteiger partial charge is 0.497 e. The van der Waals surface area contributed by atoms with E-state index >= 15 is 0 Å². The fraction of sp³-hybridized carbons (Fsp3) is 0.0952. The van der Waals surface area contributed by atoms with Crippen molar-refractivity contribution in [1.29, 1.82) is 0 Å². The summed E-state index contributed by atoms with van der Waals surface area (Å²) < 4.78 is 10.6. The molecule has 2 aromatic carbocycles. The normalized spacial score (nSPS) is 10.8. The highest BCUT2D eigenvalue weighted by molar-refractivity contribution is 6.08. The Bertz CT molecular complexity index is 1330. The Labute approximate surface area is 175 Å². The first-order valence-corrected chi connectivity index (χ1v) is 9.02. The van der Waals surface area contributed by atoms with Gasteiger partial charge in [0.25, 0.3) is 5.69 Å². The van der Waals surface area contributed by atoms with E-state index in [1.54, 1.807) is 24.3 Å². The van der Waals surface area contributed by atoms with E-state index in [0.717, 1.165) is 0 Å². The van der Waals surface area contributed by atoms with Gasteiger partial charge in [0.05, 0.1) is 41.5 Å². The van der Waals surface area contributed by atoms with E-state index in [1.165, 1.54) is 38.5 Å². The molecular formula is C21H16N4O6. The molecule has 10 nitrogen and oxygen atoms in total. The molecule has 0 saturated heterocycles. The predicted molar refractivity (Wildman–Crippen MR) is 111 cm³/mol. The number of nitrogens with zero attached hydrogens (tertiary/aromatic N) is 3. The molecule has 31 heavy (non-hydrogen) atoms. The quantitative estimate of drug-likeness (QED) is 0.353. The van der Waals surface area contributed by atoms with Crippen molar-refractivity contribution in [2.75, 3.05) is 14.2 Å². The first-order chi connectivity index (χ1) is 14.9. The topological polar surface area (TPSA) is 140 Å². The lowest BCUT2D eigenvalue weighted by Gasteiger charge is -2.11. The summed E-state index contributed by atoms with van der Waals surface area (Å²) >= 11 is 0. The van der Waals surface area contributed by atoms with Crippen LogP contribution in [-0.2, 0) is 0 Å². The number of nitrogens with one attached hydrogen (secondary N) is 1. The van der Waals surface area contributed by atoms with Gasteiger partial charge >= 0.3 is 5.97 Å². The summed E-state index contributed by atoms with van der Waals surface area (Å²) in [6.45, 7) is 0. The number of carbonyl (C=O) groups is 1. The van der Waals surface area contributed by atoms with Gasteiger partial charge in [-0.25, -0.2) is 9.78 Å². The minimum atomic E-state index is -1.19. The van der Waals surface area contributed by atoms with Crippen LogP contribution >= 0.6 is 0 Å². The van der Waals surface area contributed by atoms with Gasteiger partial charge in [-0.1, -0.05) is 12.1 Å². The van der Waals surface area contributed by atoms with E-state index in [4.69, 9.17) is 9.47 Å². The van der Waals surface area contributed by atoms with Crippen LogP contribution in [-0.4, -0.2) is 45.4 Å². The number of benzene rings is 2. The molecule has 10 heteroatoms.